The van der Waals surface area contributed by atoms with E-state index in [-0.39, 0.29) is 23.7 Å². The maximum atomic E-state index is 11.8. The van der Waals surface area contributed by atoms with Crippen LogP contribution in [-0.2, 0) is 9.59 Å². The molecule has 0 aliphatic carbocycles. The molecule has 1 aliphatic heterocycles. The summed E-state index contributed by atoms with van der Waals surface area (Å²) in [6.07, 6.45) is 1.18. The highest BCUT2D eigenvalue weighted by molar-refractivity contribution is 9.10. The molecular weight excluding hydrogens is 302 g/mol. The lowest BCUT2D eigenvalue weighted by molar-refractivity contribution is -0.137. The number of piperidine rings is 1. The smallest absolute Gasteiger partial charge is 0.230 e. The molecular formula is C12H14BrNO2S. The number of nitrogens with one attached hydrogen (secondary N) is 1. The Bertz CT molecular complexity index is 450. The zero-order chi connectivity index (χ0) is 12.6. The van der Waals surface area contributed by atoms with Crippen molar-refractivity contribution in [2.24, 2.45) is 5.92 Å². The fourth-order valence-corrected chi connectivity index (χ4v) is 3.97. The van der Waals surface area contributed by atoms with Gasteiger partial charge in [-0.1, -0.05) is 6.92 Å². The van der Waals surface area contributed by atoms with Gasteiger partial charge in [0, 0.05) is 32.5 Å². The van der Waals surface area contributed by atoms with Gasteiger partial charge in [0.1, 0.15) is 0 Å². The molecule has 2 unspecified atom stereocenters. The van der Waals surface area contributed by atoms with Gasteiger partial charge in [-0.2, -0.15) is 0 Å². The van der Waals surface area contributed by atoms with Crippen LogP contribution in [0.1, 0.15) is 35.4 Å². The van der Waals surface area contributed by atoms with E-state index in [4.69, 9.17) is 0 Å². The lowest BCUT2D eigenvalue weighted by atomic mass is 9.82. The second-order valence-electron chi connectivity index (χ2n) is 4.29. The van der Waals surface area contributed by atoms with Crippen LogP contribution in [0.3, 0.4) is 0 Å². The topological polar surface area (TPSA) is 46.2 Å². The highest BCUT2D eigenvalue weighted by Crippen LogP contribution is 2.39. The van der Waals surface area contributed by atoms with E-state index in [9.17, 15) is 9.59 Å². The molecule has 1 aliphatic rings. The Hall–Kier alpha value is -0.680. The predicted molar refractivity (Wildman–Crippen MR) is 71.0 cm³/mol. The Balaban J connectivity index is 2.33. The first kappa shape index (κ1) is 12.8. The molecule has 1 aromatic rings. The van der Waals surface area contributed by atoms with Crippen LogP contribution < -0.4 is 5.32 Å². The fourth-order valence-electron chi connectivity index (χ4n) is 2.24. The Labute approximate surface area is 113 Å². The summed E-state index contributed by atoms with van der Waals surface area (Å²) in [6.45, 7) is 4.02. The van der Waals surface area contributed by atoms with E-state index in [0.717, 1.165) is 15.8 Å². The standard InChI is InChI=1S/C12H14BrNO2S/c1-3-7-8(4-11(15)14-12(7)16)10-5-9(13)6(2)17-10/h5,7-8H,3-4H2,1-2H3,(H,14,15,16). The molecule has 2 heterocycles. The van der Waals surface area contributed by atoms with Crippen molar-refractivity contribution in [2.75, 3.05) is 0 Å². The van der Waals surface area contributed by atoms with Gasteiger partial charge in [-0.15, -0.1) is 11.3 Å². The lowest BCUT2D eigenvalue weighted by Crippen LogP contribution is -2.44. The van der Waals surface area contributed by atoms with Gasteiger partial charge in [0.2, 0.25) is 11.8 Å². The molecule has 0 spiro atoms. The van der Waals surface area contributed by atoms with Crippen molar-refractivity contribution in [2.45, 2.75) is 32.6 Å². The third-order valence-corrected chi connectivity index (χ3v) is 5.44. The van der Waals surface area contributed by atoms with Crippen molar-refractivity contribution in [3.63, 3.8) is 0 Å². The first-order valence-corrected chi connectivity index (χ1v) is 7.23. The zero-order valence-corrected chi connectivity index (χ0v) is 12.2. The largest absolute Gasteiger partial charge is 0.296 e. The second kappa shape index (κ2) is 4.90. The van der Waals surface area contributed by atoms with E-state index in [1.54, 1.807) is 11.3 Å². The number of imide groups is 1. The molecule has 1 N–H and O–H groups in total. The molecule has 1 aromatic heterocycles. The number of carbonyl (C=O) groups is 2. The van der Waals surface area contributed by atoms with Crippen molar-refractivity contribution in [1.82, 2.24) is 5.32 Å². The quantitative estimate of drug-likeness (QED) is 0.853. The van der Waals surface area contributed by atoms with Gasteiger partial charge < -0.3 is 0 Å². The lowest BCUT2D eigenvalue weighted by Gasteiger charge is -2.28. The summed E-state index contributed by atoms with van der Waals surface area (Å²) < 4.78 is 1.06. The zero-order valence-electron chi connectivity index (χ0n) is 9.75. The molecule has 0 radical (unpaired) electrons. The van der Waals surface area contributed by atoms with Gasteiger partial charge in [-0.05, 0) is 35.3 Å². The molecule has 1 saturated heterocycles. The summed E-state index contributed by atoms with van der Waals surface area (Å²) >= 11 is 5.14. The summed E-state index contributed by atoms with van der Waals surface area (Å²) in [5.74, 6) is -0.336. The van der Waals surface area contributed by atoms with Gasteiger partial charge in [0.25, 0.3) is 0 Å². The average Bonchev–Trinajstić information content (AvgIpc) is 2.58. The third-order valence-electron chi connectivity index (χ3n) is 3.17. The first-order chi connectivity index (χ1) is 8.02. The van der Waals surface area contributed by atoms with Crippen LogP contribution in [0.5, 0.6) is 0 Å². The Kier molecular flexibility index (Phi) is 3.68. The number of carbonyl (C=O) groups excluding carboxylic acids is 2. The summed E-state index contributed by atoms with van der Waals surface area (Å²) in [5.41, 5.74) is 0. The minimum atomic E-state index is -0.160. The van der Waals surface area contributed by atoms with Gasteiger partial charge in [-0.3, -0.25) is 14.9 Å². The normalized spacial score (nSPS) is 24.9. The van der Waals surface area contributed by atoms with Crippen molar-refractivity contribution >= 4 is 39.1 Å². The number of rotatable bonds is 2. The van der Waals surface area contributed by atoms with Crippen LogP contribution in [0.15, 0.2) is 10.5 Å². The minimum Gasteiger partial charge on any atom is -0.296 e. The highest BCUT2D eigenvalue weighted by atomic mass is 79.9. The molecule has 3 nitrogen and oxygen atoms in total. The van der Waals surface area contributed by atoms with Gasteiger partial charge >= 0.3 is 0 Å². The number of thiophene rings is 1. The van der Waals surface area contributed by atoms with Gasteiger partial charge in [0.05, 0.1) is 0 Å². The van der Waals surface area contributed by atoms with Crippen LogP contribution in [0, 0.1) is 12.8 Å². The Morgan fingerprint density at radius 3 is 2.76 bits per heavy atom. The average molecular weight is 316 g/mol. The summed E-state index contributed by atoms with van der Waals surface area (Å²) in [5, 5.41) is 2.42. The summed E-state index contributed by atoms with van der Waals surface area (Å²) in [7, 11) is 0. The number of halogens is 1. The highest BCUT2D eigenvalue weighted by Gasteiger charge is 2.36. The third kappa shape index (κ3) is 2.45. The maximum absolute atomic E-state index is 11.8. The van der Waals surface area contributed by atoms with Crippen molar-refractivity contribution in [3.8, 4) is 0 Å². The molecule has 17 heavy (non-hydrogen) atoms. The van der Waals surface area contributed by atoms with Crippen molar-refractivity contribution in [3.05, 3.63) is 20.3 Å². The number of hydrogen-bond acceptors (Lipinski definition) is 3. The van der Waals surface area contributed by atoms with Crippen LogP contribution in [0.25, 0.3) is 0 Å². The molecule has 0 saturated carbocycles. The Morgan fingerprint density at radius 1 is 1.53 bits per heavy atom. The minimum absolute atomic E-state index is 0.0382. The monoisotopic (exact) mass is 315 g/mol. The van der Waals surface area contributed by atoms with Gasteiger partial charge in [0.15, 0.2) is 0 Å². The summed E-state index contributed by atoms with van der Waals surface area (Å²) in [4.78, 5) is 25.6. The van der Waals surface area contributed by atoms with Crippen LogP contribution >= 0.6 is 27.3 Å². The molecule has 2 rings (SSSR count). The van der Waals surface area contributed by atoms with E-state index in [2.05, 4.69) is 21.2 Å². The first-order valence-electron chi connectivity index (χ1n) is 5.62. The predicted octanol–water partition coefficient (Wildman–Crippen LogP) is 2.98. The number of hydrogen-bond donors (Lipinski definition) is 1. The van der Waals surface area contributed by atoms with Crippen molar-refractivity contribution in [1.29, 1.82) is 0 Å². The molecule has 92 valence electrons. The van der Waals surface area contributed by atoms with E-state index in [1.165, 1.54) is 4.88 Å². The summed E-state index contributed by atoms with van der Waals surface area (Å²) in [6, 6.07) is 2.04. The molecule has 2 amide bonds. The van der Waals surface area contributed by atoms with E-state index in [0.29, 0.717) is 6.42 Å². The molecule has 1 fully saturated rings. The molecule has 0 aromatic carbocycles. The number of amides is 2. The molecule has 2 atom stereocenters. The number of aryl methyl sites for hydroxylation is 1. The molecule has 5 heteroatoms. The van der Waals surface area contributed by atoms with Crippen LogP contribution in [0.2, 0.25) is 0 Å². The SMILES string of the molecule is CCC1C(=O)NC(=O)CC1c1cc(Br)c(C)s1. The van der Waals surface area contributed by atoms with Crippen LogP contribution in [-0.4, -0.2) is 11.8 Å². The van der Waals surface area contributed by atoms with E-state index < -0.39 is 0 Å². The van der Waals surface area contributed by atoms with E-state index in [1.807, 2.05) is 19.9 Å². The fraction of sp³-hybridized carbons (Fsp3) is 0.500. The Morgan fingerprint density at radius 2 is 2.24 bits per heavy atom. The van der Waals surface area contributed by atoms with E-state index >= 15 is 0 Å². The van der Waals surface area contributed by atoms with Crippen LogP contribution in [0.4, 0.5) is 0 Å². The molecule has 0 bridgehead atoms. The maximum Gasteiger partial charge on any atom is 0.230 e. The van der Waals surface area contributed by atoms with Crippen molar-refractivity contribution < 1.29 is 9.59 Å². The second-order valence-corrected chi connectivity index (χ2v) is 6.43. The van der Waals surface area contributed by atoms with Gasteiger partial charge in [-0.25, -0.2) is 0 Å².